The quantitative estimate of drug-likeness (QED) is 0.867. The molecule has 21 heavy (non-hydrogen) atoms. The van der Waals surface area contributed by atoms with Crippen LogP contribution in [0, 0.1) is 0 Å². The van der Waals surface area contributed by atoms with Gasteiger partial charge in [0, 0.05) is 13.1 Å². The minimum Gasteiger partial charge on any atom is -0.497 e. The van der Waals surface area contributed by atoms with E-state index in [0.717, 1.165) is 22.4 Å². The van der Waals surface area contributed by atoms with Crippen molar-refractivity contribution in [3.8, 4) is 5.75 Å². The zero-order valence-corrected chi connectivity index (χ0v) is 11.9. The van der Waals surface area contributed by atoms with Crippen molar-refractivity contribution in [1.29, 1.82) is 0 Å². The first kappa shape index (κ1) is 13.5. The minimum absolute atomic E-state index is 0.283. The molecule has 0 saturated heterocycles. The van der Waals surface area contributed by atoms with Gasteiger partial charge in [0.05, 0.1) is 7.11 Å². The van der Waals surface area contributed by atoms with Crippen LogP contribution < -0.4 is 4.74 Å². The van der Waals surface area contributed by atoms with E-state index in [2.05, 4.69) is 0 Å². The maximum atomic E-state index is 12.1. The molecule has 0 saturated carbocycles. The largest absolute Gasteiger partial charge is 0.497 e. The standard InChI is InChI=1S/C17H17NO3/c1-20-16-8-7-14-10-18(11-15(14)9-16)17(19)21-12-13-5-3-2-4-6-13/h2-9H,10-12H2,1H3. The predicted molar refractivity (Wildman–Crippen MR) is 78.9 cm³/mol. The molecule has 0 bridgehead atoms. The van der Waals surface area contributed by atoms with E-state index in [-0.39, 0.29) is 6.09 Å². The number of carbonyl (C=O) groups excluding carboxylic acids is 1. The number of carbonyl (C=O) groups is 1. The lowest BCUT2D eigenvalue weighted by atomic mass is 10.1. The summed E-state index contributed by atoms with van der Waals surface area (Å²) in [5.41, 5.74) is 3.25. The maximum Gasteiger partial charge on any atom is 0.410 e. The number of methoxy groups -OCH3 is 1. The van der Waals surface area contributed by atoms with Gasteiger partial charge >= 0.3 is 6.09 Å². The van der Waals surface area contributed by atoms with E-state index in [9.17, 15) is 4.79 Å². The number of hydrogen-bond acceptors (Lipinski definition) is 3. The number of nitrogens with zero attached hydrogens (tertiary/aromatic N) is 1. The maximum absolute atomic E-state index is 12.1. The molecule has 4 heteroatoms. The lowest BCUT2D eigenvalue weighted by Gasteiger charge is -2.15. The van der Waals surface area contributed by atoms with Gasteiger partial charge in [-0.2, -0.15) is 0 Å². The van der Waals surface area contributed by atoms with Gasteiger partial charge < -0.3 is 9.47 Å². The van der Waals surface area contributed by atoms with E-state index < -0.39 is 0 Å². The Hall–Kier alpha value is -2.49. The highest BCUT2D eigenvalue weighted by atomic mass is 16.6. The molecule has 0 fully saturated rings. The van der Waals surface area contributed by atoms with E-state index in [1.54, 1.807) is 12.0 Å². The third-order valence-electron chi connectivity index (χ3n) is 3.60. The molecule has 0 atom stereocenters. The van der Waals surface area contributed by atoms with Crippen LogP contribution in [0.3, 0.4) is 0 Å². The number of hydrogen-bond donors (Lipinski definition) is 0. The van der Waals surface area contributed by atoms with Crippen LogP contribution in [-0.2, 0) is 24.4 Å². The Balaban J connectivity index is 1.60. The average molecular weight is 283 g/mol. The van der Waals surface area contributed by atoms with E-state index in [4.69, 9.17) is 9.47 Å². The second kappa shape index (κ2) is 5.87. The van der Waals surface area contributed by atoms with E-state index in [0.29, 0.717) is 19.7 Å². The normalized spacial score (nSPS) is 12.9. The number of fused-ring (bicyclic) bond motifs is 1. The van der Waals surface area contributed by atoms with Crippen molar-refractivity contribution in [2.45, 2.75) is 19.7 Å². The average Bonchev–Trinajstić information content (AvgIpc) is 2.96. The van der Waals surface area contributed by atoms with Gasteiger partial charge in [0.25, 0.3) is 0 Å². The summed E-state index contributed by atoms with van der Waals surface area (Å²) in [5.74, 6) is 0.813. The van der Waals surface area contributed by atoms with Crippen molar-refractivity contribution in [3.05, 3.63) is 65.2 Å². The minimum atomic E-state index is -0.283. The van der Waals surface area contributed by atoms with Gasteiger partial charge in [-0.05, 0) is 28.8 Å². The monoisotopic (exact) mass is 283 g/mol. The van der Waals surface area contributed by atoms with Crippen molar-refractivity contribution in [3.63, 3.8) is 0 Å². The first-order chi connectivity index (χ1) is 10.3. The molecule has 0 aromatic heterocycles. The van der Waals surface area contributed by atoms with Crippen LogP contribution in [0.2, 0.25) is 0 Å². The van der Waals surface area contributed by atoms with Crippen LogP contribution in [0.15, 0.2) is 48.5 Å². The summed E-state index contributed by atoms with van der Waals surface area (Å²) < 4.78 is 10.6. The SMILES string of the molecule is COc1ccc2c(c1)CN(C(=O)OCc1ccccc1)C2. The summed E-state index contributed by atoms with van der Waals surface area (Å²) in [4.78, 5) is 13.8. The van der Waals surface area contributed by atoms with Crippen LogP contribution in [0.4, 0.5) is 4.79 Å². The first-order valence-corrected chi connectivity index (χ1v) is 6.87. The molecule has 1 aliphatic rings. The molecule has 108 valence electrons. The Bertz CT molecular complexity index is 640. The highest BCUT2D eigenvalue weighted by Gasteiger charge is 2.24. The molecular weight excluding hydrogens is 266 g/mol. The lowest BCUT2D eigenvalue weighted by molar-refractivity contribution is 0.0955. The zero-order chi connectivity index (χ0) is 14.7. The molecule has 1 aliphatic heterocycles. The topological polar surface area (TPSA) is 38.8 Å². The fourth-order valence-corrected chi connectivity index (χ4v) is 2.44. The molecule has 1 amide bonds. The van der Waals surface area contributed by atoms with Crippen molar-refractivity contribution < 1.29 is 14.3 Å². The molecule has 0 aliphatic carbocycles. The van der Waals surface area contributed by atoms with Crippen molar-refractivity contribution >= 4 is 6.09 Å². The molecule has 0 radical (unpaired) electrons. The summed E-state index contributed by atoms with van der Waals surface area (Å²) in [6, 6.07) is 15.6. The third-order valence-corrected chi connectivity index (χ3v) is 3.60. The van der Waals surface area contributed by atoms with Gasteiger partial charge in [0.1, 0.15) is 12.4 Å². The molecule has 2 aromatic rings. The molecule has 1 heterocycles. The Morgan fingerprint density at radius 3 is 2.62 bits per heavy atom. The molecule has 3 rings (SSSR count). The molecule has 0 spiro atoms. The van der Waals surface area contributed by atoms with E-state index in [1.807, 2.05) is 48.5 Å². The van der Waals surface area contributed by atoms with Gasteiger partial charge in [-0.1, -0.05) is 36.4 Å². The fraction of sp³-hybridized carbons (Fsp3) is 0.235. The van der Waals surface area contributed by atoms with Crippen molar-refractivity contribution in [1.82, 2.24) is 4.90 Å². The highest BCUT2D eigenvalue weighted by Crippen LogP contribution is 2.27. The molecule has 4 nitrogen and oxygen atoms in total. The van der Waals surface area contributed by atoms with Crippen LogP contribution >= 0.6 is 0 Å². The first-order valence-electron chi connectivity index (χ1n) is 6.87. The Kier molecular flexibility index (Phi) is 3.77. The van der Waals surface area contributed by atoms with Crippen molar-refractivity contribution in [2.24, 2.45) is 0 Å². The summed E-state index contributed by atoms with van der Waals surface area (Å²) in [5, 5.41) is 0. The third kappa shape index (κ3) is 2.99. The summed E-state index contributed by atoms with van der Waals surface area (Å²) in [6.45, 7) is 1.46. The number of amides is 1. The van der Waals surface area contributed by atoms with Crippen LogP contribution in [0.5, 0.6) is 5.75 Å². The van der Waals surface area contributed by atoms with Gasteiger partial charge in [0.15, 0.2) is 0 Å². The number of rotatable bonds is 3. The summed E-state index contributed by atoms with van der Waals surface area (Å²) in [7, 11) is 1.64. The summed E-state index contributed by atoms with van der Waals surface area (Å²) in [6.07, 6.45) is -0.283. The highest BCUT2D eigenvalue weighted by molar-refractivity contribution is 5.69. The fourth-order valence-electron chi connectivity index (χ4n) is 2.44. The number of benzene rings is 2. The number of ether oxygens (including phenoxy) is 2. The second-order valence-electron chi connectivity index (χ2n) is 5.03. The van der Waals surface area contributed by atoms with Crippen LogP contribution in [-0.4, -0.2) is 18.1 Å². The van der Waals surface area contributed by atoms with E-state index in [1.165, 1.54) is 0 Å². The Morgan fingerprint density at radius 1 is 1.10 bits per heavy atom. The lowest BCUT2D eigenvalue weighted by Crippen LogP contribution is -2.25. The summed E-state index contributed by atoms with van der Waals surface area (Å²) >= 11 is 0. The van der Waals surface area contributed by atoms with E-state index >= 15 is 0 Å². The van der Waals surface area contributed by atoms with Gasteiger partial charge in [-0.3, -0.25) is 4.90 Å². The molecule has 0 unspecified atom stereocenters. The Morgan fingerprint density at radius 2 is 1.86 bits per heavy atom. The Labute approximate surface area is 123 Å². The van der Waals surface area contributed by atoms with Gasteiger partial charge in [-0.25, -0.2) is 4.79 Å². The molecule has 2 aromatic carbocycles. The van der Waals surface area contributed by atoms with Crippen LogP contribution in [0.1, 0.15) is 16.7 Å². The van der Waals surface area contributed by atoms with Gasteiger partial charge in [-0.15, -0.1) is 0 Å². The smallest absolute Gasteiger partial charge is 0.410 e. The second-order valence-corrected chi connectivity index (χ2v) is 5.03. The molecular formula is C17H17NO3. The van der Waals surface area contributed by atoms with Gasteiger partial charge in [0.2, 0.25) is 0 Å². The van der Waals surface area contributed by atoms with Crippen LogP contribution in [0.25, 0.3) is 0 Å². The van der Waals surface area contributed by atoms with Crippen molar-refractivity contribution in [2.75, 3.05) is 7.11 Å². The zero-order valence-electron chi connectivity index (χ0n) is 11.9. The predicted octanol–water partition coefficient (Wildman–Crippen LogP) is 3.35. The molecule has 0 N–H and O–H groups in total.